The molecule has 258 valence electrons. The number of benzene rings is 2. The molecule has 0 bridgehead atoms. The molecule has 4 aromatic rings. The molecule has 1 saturated carbocycles. The molecule has 1 aliphatic heterocycles. The fourth-order valence-corrected chi connectivity index (χ4v) is 5.91. The highest BCUT2D eigenvalue weighted by molar-refractivity contribution is 5.80. The predicted molar refractivity (Wildman–Crippen MR) is 187 cm³/mol. The standard InChI is InChI=1S/C35H38N10O5/c36-30-25(44-42-23-11-2-1-3-12-23)18-28(32(38)40-30)49-34(46)22-10-6-8-20(16-22)21-9-7-13-24(17-21)43-45-26-19-29(33(39)41-31(26)37)50-35(47)27-14-4-5-15-48-27/h1-3,7,9,11-13,17-20,22,27H,4-6,8,10,14-16H2,(H4,36,38,40)(H4,37,39,41). The van der Waals surface area contributed by atoms with Crippen molar-refractivity contribution < 1.29 is 23.8 Å². The normalized spacial score (nSPS) is 19.4. The van der Waals surface area contributed by atoms with Crippen LogP contribution in [-0.4, -0.2) is 34.6 Å². The van der Waals surface area contributed by atoms with E-state index in [1.807, 2.05) is 36.4 Å². The van der Waals surface area contributed by atoms with Crippen molar-refractivity contribution in [1.82, 2.24) is 9.97 Å². The summed E-state index contributed by atoms with van der Waals surface area (Å²) in [6, 6.07) is 19.6. The molecule has 0 amide bonds. The summed E-state index contributed by atoms with van der Waals surface area (Å²) in [5, 5.41) is 17.0. The summed E-state index contributed by atoms with van der Waals surface area (Å²) in [4.78, 5) is 34.1. The molecule has 1 saturated heterocycles. The summed E-state index contributed by atoms with van der Waals surface area (Å²) < 4.78 is 16.7. The van der Waals surface area contributed by atoms with Gasteiger partial charge in [-0.1, -0.05) is 36.8 Å². The molecule has 2 aliphatic rings. The number of nitrogens with zero attached hydrogens (tertiary/aromatic N) is 6. The van der Waals surface area contributed by atoms with Crippen LogP contribution in [0.15, 0.2) is 87.2 Å². The fourth-order valence-electron chi connectivity index (χ4n) is 5.91. The van der Waals surface area contributed by atoms with Crippen LogP contribution in [0.3, 0.4) is 0 Å². The van der Waals surface area contributed by atoms with Gasteiger partial charge in [-0.05, 0) is 74.3 Å². The molecule has 2 aromatic heterocycles. The van der Waals surface area contributed by atoms with E-state index in [1.54, 1.807) is 18.2 Å². The number of carbonyl (C=O) groups excluding carboxylic acids is 2. The summed E-state index contributed by atoms with van der Waals surface area (Å²) in [6.45, 7) is 0.501. The molecule has 3 unspecified atom stereocenters. The van der Waals surface area contributed by atoms with Gasteiger partial charge in [0.1, 0.15) is 11.4 Å². The van der Waals surface area contributed by atoms with Crippen molar-refractivity contribution in [2.75, 3.05) is 29.5 Å². The Kier molecular flexibility index (Phi) is 10.5. The van der Waals surface area contributed by atoms with Crippen molar-refractivity contribution in [3.8, 4) is 11.5 Å². The largest absolute Gasteiger partial charge is 0.422 e. The number of hydrogen-bond donors (Lipinski definition) is 4. The number of azo groups is 2. The first-order valence-electron chi connectivity index (χ1n) is 16.4. The van der Waals surface area contributed by atoms with Gasteiger partial charge in [0.05, 0.1) is 17.3 Å². The molecule has 0 spiro atoms. The predicted octanol–water partition coefficient (Wildman–Crippen LogP) is 6.99. The topological polar surface area (TPSA) is 241 Å². The average Bonchev–Trinajstić information content (AvgIpc) is 3.13. The number of aromatic nitrogens is 2. The molecule has 15 heteroatoms. The zero-order valence-electron chi connectivity index (χ0n) is 27.3. The number of ether oxygens (including phenoxy) is 3. The highest BCUT2D eigenvalue weighted by atomic mass is 16.6. The molecule has 8 N–H and O–H groups in total. The third kappa shape index (κ3) is 8.36. The third-order valence-corrected chi connectivity index (χ3v) is 8.56. The van der Waals surface area contributed by atoms with Gasteiger partial charge in [0.15, 0.2) is 40.9 Å². The van der Waals surface area contributed by atoms with Crippen molar-refractivity contribution in [3.63, 3.8) is 0 Å². The number of hydrogen-bond acceptors (Lipinski definition) is 15. The molecule has 3 heterocycles. The van der Waals surface area contributed by atoms with Gasteiger partial charge < -0.3 is 37.1 Å². The van der Waals surface area contributed by atoms with Crippen LogP contribution in [0.5, 0.6) is 11.5 Å². The van der Waals surface area contributed by atoms with Gasteiger partial charge in [0, 0.05) is 18.7 Å². The van der Waals surface area contributed by atoms with Gasteiger partial charge in [-0.3, -0.25) is 4.79 Å². The number of esters is 2. The van der Waals surface area contributed by atoms with Crippen LogP contribution in [0.25, 0.3) is 0 Å². The molecule has 1 aliphatic carbocycles. The van der Waals surface area contributed by atoms with Crippen LogP contribution >= 0.6 is 0 Å². The maximum Gasteiger partial charge on any atom is 0.340 e. The molecule has 2 aromatic carbocycles. The molecule has 15 nitrogen and oxygen atoms in total. The summed E-state index contributed by atoms with van der Waals surface area (Å²) in [5.41, 5.74) is 26.7. The quantitative estimate of drug-likeness (QED) is 0.104. The average molecular weight is 679 g/mol. The number of rotatable bonds is 9. The molecule has 50 heavy (non-hydrogen) atoms. The van der Waals surface area contributed by atoms with E-state index in [4.69, 9.17) is 37.1 Å². The number of anilines is 4. The SMILES string of the molecule is Nc1nc(N)c(OC(=O)C2CCCC(c3cccc(N=Nc4cc(OC(=O)C5CCCCO5)c(N)nc4N)c3)C2)cc1N=Nc1ccccc1. The van der Waals surface area contributed by atoms with Crippen LogP contribution in [-0.2, 0) is 14.3 Å². The highest BCUT2D eigenvalue weighted by Crippen LogP contribution is 2.40. The number of nitrogens with two attached hydrogens (primary N) is 4. The Hall–Kier alpha value is -5.96. The van der Waals surface area contributed by atoms with Crippen LogP contribution in [0.2, 0.25) is 0 Å². The minimum Gasteiger partial charge on any atom is -0.422 e. The van der Waals surface area contributed by atoms with Crippen LogP contribution in [0, 0.1) is 5.92 Å². The minimum atomic E-state index is -0.655. The van der Waals surface area contributed by atoms with Gasteiger partial charge in [-0.2, -0.15) is 10.2 Å². The van der Waals surface area contributed by atoms with E-state index in [-0.39, 0.29) is 58.0 Å². The van der Waals surface area contributed by atoms with Gasteiger partial charge >= 0.3 is 11.9 Å². The monoisotopic (exact) mass is 678 g/mol. The Labute approximate surface area is 288 Å². The Morgan fingerprint density at radius 1 is 0.660 bits per heavy atom. The second-order valence-electron chi connectivity index (χ2n) is 12.1. The van der Waals surface area contributed by atoms with Crippen LogP contribution < -0.4 is 32.4 Å². The second-order valence-corrected chi connectivity index (χ2v) is 12.1. The second kappa shape index (κ2) is 15.5. The van der Waals surface area contributed by atoms with Crippen molar-refractivity contribution in [2.24, 2.45) is 26.4 Å². The Bertz CT molecular complexity index is 1910. The molecule has 6 rings (SSSR count). The zero-order valence-corrected chi connectivity index (χ0v) is 27.3. The minimum absolute atomic E-state index is 0.0135. The van der Waals surface area contributed by atoms with E-state index in [1.165, 1.54) is 12.1 Å². The smallest absolute Gasteiger partial charge is 0.340 e. The lowest BCUT2D eigenvalue weighted by Crippen LogP contribution is -2.32. The summed E-state index contributed by atoms with van der Waals surface area (Å²) in [5.74, 6) is -1.09. The Morgan fingerprint density at radius 3 is 1.96 bits per heavy atom. The van der Waals surface area contributed by atoms with E-state index in [2.05, 4.69) is 30.4 Å². The first kappa shape index (κ1) is 33.9. The number of carbonyl (C=O) groups is 2. The molecule has 0 radical (unpaired) electrons. The van der Waals surface area contributed by atoms with E-state index in [0.29, 0.717) is 37.2 Å². The Balaban J connectivity index is 1.11. The van der Waals surface area contributed by atoms with Gasteiger partial charge in [0.25, 0.3) is 0 Å². The van der Waals surface area contributed by atoms with Crippen molar-refractivity contribution in [2.45, 2.75) is 57.0 Å². The molecular formula is C35H38N10O5. The maximum atomic E-state index is 13.3. The lowest BCUT2D eigenvalue weighted by Gasteiger charge is -2.28. The van der Waals surface area contributed by atoms with E-state index < -0.39 is 18.0 Å². The molecule has 2 fully saturated rings. The first-order chi connectivity index (χ1) is 24.2. The lowest BCUT2D eigenvalue weighted by molar-refractivity contribution is -0.150. The van der Waals surface area contributed by atoms with E-state index in [0.717, 1.165) is 31.2 Å². The molecule has 3 atom stereocenters. The summed E-state index contributed by atoms with van der Waals surface area (Å²) >= 11 is 0. The van der Waals surface area contributed by atoms with Crippen molar-refractivity contribution in [3.05, 3.63) is 72.3 Å². The maximum absolute atomic E-state index is 13.3. The Morgan fingerprint density at radius 2 is 1.30 bits per heavy atom. The fraction of sp³-hybridized carbons (Fsp3) is 0.314. The summed E-state index contributed by atoms with van der Waals surface area (Å²) in [6.07, 6.45) is 4.64. The number of pyridine rings is 2. The van der Waals surface area contributed by atoms with Crippen molar-refractivity contribution >= 4 is 58.0 Å². The number of nitrogen functional groups attached to an aromatic ring is 4. The summed E-state index contributed by atoms with van der Waals surface area (Å²) in [7, 11) is 0. The van der Waals surface area contributed by atoms with E-state index >= 15 is 0 Å². The van der Waals surface area contributed by atoms with Gasteiger partial charge in [-0.15, -0.1) is 10.2 Å². The van der Waals surface area contributed by atoms with Gasteiger partial charge in [0.2, 0.25) is 0 Å². The van der Waals surface area contributed by atoms with Crippen LogP contribution in [0.1, 0.15) is 56.4 Å². The molecular weight excluding hydrogens is 640 g/mol. The van der Waals surface area contributed by atoms with Gasteiger partial charge in [-0.25, -0.2) is 14.8 Å². The van der Waals surface area contributed by atoms with E-state index in [9.17, 15) is 9.59 Å². The van der Waals surface area contributed by atoms with Crippen LogP contribution in [0.4, 0.5) is 46.0 Å². The third-order valence-electron chi connectivity index (χ3n) is 8.56. The van der Waals surface area contributed by atoms with Crippen molar-refractivity contribution in [1.29, 1.82) is 0 Å². The highest BCUT2D eigenvalue weighted by Gasteiger charge is 2.30. The zero-order chi connectivity index (χ0) is 35.0. The lowest BCUT2D eigenvalue weighted by atomic mass is 9.78. The first-order valence-corrected chi connectivity index (χ1v) is 16.4.